The summed E-state index contributed by atoms with van der Waals surface area (Å²) in [5.74, 6) is -0.718. The van der Waals surface area contributed by atoms with Crippen molar-refractivity contribution in [1.82, 2.24) is 0 Å². The summed E-state index contributed by atoms with van der Waals surface area (Å²) in [4.78, 5) is 10.9. The molecule has 18 heavy (non-hydrogen) atoms. The molecule has 1 aliphatic heterocycles. The third-order valence-electron chi connectivity index (χ3n) is 3.86. The first-order valence-electron chi connectivity index (χ1n) is 6.21. The van der Waals surface area contributed by atoms with Gasteiger partial charge in [0.15, 0.2) is 0 Å². The third-order valence-corrected chi connectivity index (χ3v) is 3.86. The molecule has 0 aromatic heterocycles. The van der Waals surface area contributed by atoms with Gasteiger partial charge in [-0.05, 0) is 24.0 Å². The first kappa shape index (κ1) is 11.7. The number of benzene rings is 1. The van der Waals surface area contributed by atoms with Gasteiger partial charge in [-0.15, -0.1) is 0 Å². The number of ether oxygens (including phenoxy) is 2. The van der Waals surface area contributed by atoms with Crippen LogP contribution in [-0.2, 0) is 19.7 Å². The highest BCUT2D eigenvalue weighted by Gasteiger charge is 2.45. The topological polar surface area (TPSA) is 55.8 Å². The minimum absolute atomic E-state index is 0.0219. The van der Waals surface area contributed by atoms with Gasteiger partial charge in [0, 0.05) is 5.41 Å². The van der Waals surface area contributed by atoms with Gasteiger partial charge < -0.3 is 14.6 Å². The van der Waals surface area contributed by atoms with Gasteiger partial charge >= 0.3 is 5.97 Å². The van der Waals surface area contributed by atoms with Gasteiger partial charge in [0.05, 0.1) is 13.0 Å². The molecule has 0 spiro atoms. The highest BCUT2D eigenvalue weighted by atomic mass is 16.7. The first-order valence-corrected chi connectivity index (χ1v) is 6.21. The fourth-order valence-corrected chi connectivity index (χ4v) is 2.59. The van der Waals surface area contributed by atoms with Crippen molar-refractivity contribution >= 4 is 5.97 Å². The summed E-state index contributed by atoms with van der Waals surface area (Å²) >= 11 is 0. The van der Waals surface area contributed by atoms with Crippen LogP contribution in [0.2, 0.25) is 0 Å². The predicted octanol–water partition coefficient (Wildman–Crippen LogP) is 2.24. The van der Waals surface area contributed by atoms with E-state index in [1.807, 2.05) is 24.3 Å². The molecule has 4 heteroatoms. The maximum atomic E-state index is 10.9. The second-order valence-corrected chi connectivity index (χ2v) is 5.12. The SMILES string of the molecule is O=C(O)CC1(c2ccc(C3COCO3)cc2)CC1. The molecule has 1 saturated heterocycles. The molecule has 4 nitrogen and oxygen atoms in total. The average Bonchev–Trinajstić information content (AvgIpc) is 2.93. The molecule has 2 fully saturated rings. The largest absolute Gasteiger partial charge is 0.481 e. The maximum Gasteiger partial charge on any atom is 0.304 e. The van der Waals surface area contributed by atoms with Gasteiger partial charge in [0.1, 0.15) is 12.9 Å². The van der Waals surface area contributed by atoms with E-state index in [9.17, 15) is 4.79 Å². The molecule has 1 heterocycles. The molecule has 2 aliphatic rings. The Balaban J connectivity index is 1.76. The molecule has 96 valence electrons. The molecule has 0 bridgehead atoms. The highest BCUT2D eigenvalue weighted by Crippen LogP contribution is 2.51. The zero-order chi connectivity index (χ0) is 12.6. The molecule has 1 saturated carbocycles. The molecule has 1 N–H and O–H groups in total. The van der Waals surface area contributed by atoms with Crippen molar-refractivity contribution in [3.63, 3.8) is 0 Å². The average molecular weight is 248 g/mol. The molecular weight excluding hydrogens is 232 g/mol. The van der Waals surface area contributed by atoms with Crippen LogP contribution in [0.4, 0.5) is 0 Å². The van der Waals surface area contributed by atoms with Crippen molar-refractivity contribution in [3.05, 3.63) is 35.4 Å². The Morgan fingerprint density at radius 2 is 2.06 bits per heavy atom. The Bertz CT molecular complexity index is 441. The first-order chi connectivity index (χ1) is 8.70. The lowest BCUT2D eigenvalue weighted by atomic mass is 9.91. The third kappa shape index (κ3) is 2.13. The van der Waals surface area contributed by atoms with E-state index in [4.69, 9.17) is 14.6 Å². The number of hydrogen-bond donors (Lipinski definition) is 1. The quantitative estimate of drug-likeness (QED) is 0.887. The maximum absolute atomic E-state index is 10.9. The summed E-state index contributed by atoms with van der Waals surface area (Å²) in [6.07, 6.45) is 2.20. The molecule has 1 aromatic carbocycles. The van der Waals surface area contributed by atoms with Crippen molar-refractivity contribution in [2.75, 3.05) is 13.4 Å². The highest BCUT2D eigenvalue weighted by molar-refractivity contribution is 5.70. The Morgan fingerprint density at radius 1 is 1.33 bits per heavy atom. The van der Waals surface area contributed by atoms with Gasteiger partial charge in [-0.1, -0.05) is 24.3 Å². The van der Waals surface area contributed by atoms with Crippen molar-refractivity contribution in [2.45, 2.75) is 30.8 Å². The van der Waals surface area contributed by atoms with Gasteiger partial charge in [-0.2, -0.15) is 0 Å². The normalized spacial score (nSPS) is 25.0. The number of carboxylic acids is 1. The van der Waals surface area contributed by atoms with Crippen LogP contribution in [0.25, 0.3) is 0 Å². The van der Waals surface area contributed by atoms with E-state index < -0.39 is 5.97 Å². The molecule has 1 aromatic rings. The van der Waals surface area contributed by atoms with E-state index in [1.165, 1.54) is 0 Å². The molecule has 1 atom stereocenters. The Hall–Kier alpha value is -1.39. The van der Waals surface area contributed by atoms with Crippen LogP contribution in [0.3, 0.4) is 0 Å². The van der Waals surface area contributed by atoms with Crippen LogP contribution in [0.15, 0.2) is 24.3 Å². The molecule has 0 radical (unpaired) electrons. The van der Waals surface area contributed by atoms with Crippen LogP contribution in [0.1, 0.15) is 36.5 Å². The van der Waals surface area contributed by atoms with Crippen molar-refractivity contribution in [3.8, 4) is 0 Å². The van der Waals surface area contributed by atoms with Crippen LogP contribution < -0.4 is 0 Å². The lowest BCUT2D eigenvalue weighted by Crippen LogP contribution is -2.13. The number of hydrogen-bond acceptors (Lipinski definition) is 3. The summed E-state index contributed by atoms with van der Waals surface area (Å²) in [6.45, 7) is 0.953. The molecule has 1 unspecified atom stereocenters. The van der Waals surface area contributed by atoms with E-state index in [-0.39, 0.29) is 17.9 Å². The number of aliphatic carboxylic acids is 1. The van der Waals surface area contributed by atoms with Crippen molar-refractivity contribution < 1.29 is 19.4 Å². The van der Waals surface area contributed by atoms with Crippen LogP contribution in [-0.4, -0.2) is 24.5 Å². The fourth-order valence-electron chi connectivity index (χ4n) is 2.59. The number of carboxylic acid groups (broad SMARTS) is 1. The summed E-state index contributed by atoms with van der Waals surface area (Å²) in [5.41, 5.74) is 2.12. The van der Waals surface area contributed by atoms with E-state index in [2.05, 4.69) is 0 Å². The Kier molecular flexibility index (Phi) is 2.84. The van der Waals surface area contributed by atoms with Gasteiger partial charge in [-0.25, -0.2) is 0 Å². The zero-order valence-electron chi connectivity index (χ0n) is 10.1. The van der Waals surface area contributed by atoms with E-state index in [0.29, 0.717) is 13.4 Å². The Labute approximate surface area is 106 Å². The van der Waals surface area contributed by atoms with Crippen LogP contribution in [0, 0.1) is 0 Å². The zero-order valence-corrected chi connectivity index (χ0v) is 10.1. The smallest absolute Gasteiger partial charge is 0.304 e. The van der Waals surface area contributed by atoms with Gasteiger partial charge in [-0.3, -0.25) is 4.79 Å². The van der Waals surface area contributed by atoms with E-state index in [0.717, 1.165) is 24.0 Å². The molecule has 3 rings (SSSR count). The van der Waals surface area contributed by atoms with Gasteiger partial charge in [0.25, 0.3) is 0 Å². The van der Waals surface area contributed by atoms with E-state index >= 15 is 0 Å². The summed E-state index contributed by atoms with van der Waals surface area (Å²) in [5, 5.41) is 8.94. The molecular formula is C14H16O4. The lowest BCUT2D eigenvalue weighted by Gasteiger charge is -2.14. The lowest BCUT2D eigenvalue weighted by molar-refractivity contribution is -0.137. The minimum Gasteiger partial charge on any atom is -0.481 e. The van der Waals surface area contributed by atoms with Crippen LogP contribution >= 0.6 is 0 Å². The standard InChI is InChI=1S/C14H16O4/c15-13(16)7-14(5-6-14)11-3-1-10(2-4-11)12-8-17-9-18-12/h1-4,12H,5-9H2,(H,15,16). The van der Waals surface area contributed by atoms with Crippen LogP contribution in [0.5, 0.6) is 0 Å². The number of carbonyl (C=O) groups is 1. The number of rotatable bonds is 4. The van der Waals surface area contributed by atoms with Crippen molar-refractivity contribution in [1.29, 1.82) is 0 Å². The molecule has 1 aliphatic carbocycles. The van der Waals surface area contributed by atoms with Crippen molar-refractivity contribution in [2.24, 2.45) is 0 Å². The fraction of sp³-hybridized carbons (Fsp3) is 0.500. The predicted molar refractivity (Wildman–Crippen MR) is 64.3 cm³/mol. The summed E-state index contributed by atoms with van der Waals surface area (Å²) in [7, 11) is 0. The Morgan fingerprint density at radius 3 is 2.56 bits per heavy atom. The molecule has 0 amide bonds. The summed E-state index contributed by atoms with van der Waals surface area (Å²) in [6, 6.07) is 8.12. The minimum atomic E-state index is -0.718. The second kappa shape index (κ2) is 4.37. The summed E-state index contributed by atoms with van der Waals surface area (Å²) < 4.78 is 10.6. The van der Waals surface area contributed by atoms with E-state index in [1.54, 1.807) is 0 Å². The monoisotopic (exact) mass is 248 g/mol. The second-order valence-electron chi connectivity index (χ2n) is 5.12. The van der Waals surface area contributed by atoms with Gasteiger partial charge in [0.2, 0.25) is 0 Å².